The van der Waals surface area contributed by atoms with Gasteiger partial charge in [0.05, 0.1) is 13.2 Å². The van der Waals surface area contributed by atoms with Gasteiger partial charge in [-0.3, -0.25) is 9.79 Å². The summed E-state index contributed by atoms with van der Waals surface area (Å²) in [5.41, 5.74) is 0.788. The molecule has 2 saturated heterocycles. The Bertz CT molecular complexity index is 742. The maximum atomic E-state index is 14.1. The zero-order chi connectivity index (χ0) is 20.2. The van der Waals surface area contributed by atoms with Gasteiger partial charge in [0, 0.05) is 50.6 Å². The first-order valence-corrected chi connectivity index (χ1v) is 10.8. The minimum Gasteiger partial charge on any atom is -0.378 e. The Labute approximate surface area is 172 Å². The Morgan fingerprint density at radius 2 is 1.90 bits per heavy atom. The van der Waals surface area contributed by atoms with Crippen molar-refractivity contribution in [2.75, 3.05) is 45.9 Å². The number of hydrogen-bond donors (Lipinski definition) is 1. The largest absolute Gasteiger partial charge is 0.378 e. The number of morpholine rings is 1. The van der Waals surface area contributed by atoms with E-state index in [0.29, 0.717) is 32.8 Å². The van der Waals surface area contributed by atoms with E-state index in [9.17, 15) is 9.18 Å². The number of ether oxygens (including phenoxy) is 1. The van der Waals surface area contributed by atoms with E-state index in [4.69, 9.17) is 4.74 Å². The maximum Gasteiger partial charge on any atom is 0.225 e. The Morgan fingerprint density at radius 1 is 1.17 bits per heavy atom. The average Bonchev–Trinajstić information content (AvgIpc) is 3.53. The Kier molecular flexibility index (Phi) is 6.33. The van der Waals surface area contributed by atoms with Crippen molar-refractivity contribution >= 4 is 11.9 Å². The van der Waals surface area contributed by atoms with Crippen LogP contribution in [0.15, 0.2) is 29.3 Å². The number of carbonyl (C=O) groups is 1. The van der Waals surface area contributed by atoms with Crippen molar-refractivity contribution in [3.8, 4) is 0 Å². The molecule has 1 N–H and O–H groups in total. The quantitative estimate of drug-likeness (QED) is 0.620. The van der Waals surface area contributed by atoms with Crippen LogP contribution in [0.4, 0.5) is 4.39 Å². The van der Waals surface area contributed by atoms with E-state index in [0.717, 1.165) is 43.9 Å². The van der Waals surface area contributed by atoms with Gasteiger partial charge < -0.3 is 19.9 Å². The van der Waals surface area contributed by atoms with Gasteiger partial charge >= 0.3 is 0 Å². The fourth-order valence-corrected chi connectivity index (χ4v) is 4.41. The number of rotatable bonds is 4. The Balaban J connectivity index is 1.31. The molecule has 2 unspecified atom stereocenters. The van der Waals surface area contributed by atoms with E-state index in [1.807, 2.05) is 24.0 Å². The molecule has 1 aliphatic carbocycles. The molecular weight excluding hydrogens is 371 g/mol. The van der Waals surface area contributed by atoms with Crippen LogP contribution in [-0.4, -0.2) is 73.6 Å². The number of nitrogens with zero attached hydrogens (tertiary/aromatic N) is 3. The van der Waals surface area contributed by atoms with Crippen molar-refractivity contribution in [1.82, 2.24) is 15.1 Å². The monoisotopic (exact) mass is 402 g/mol. The summed E-state index contributed by atoms with van der Waals surface area (Å²) in [7, 11) is 0. The second-order valence-corrected chi connectivity index (χ2v) is 8.11. The number of guanidine groups is 1. The lowest BCUT2D eigenvalue weighted by Crippen LogP contribution is -2.50. The lowest BCUT2D eigenvalue weighted by atomic mass is 9.95. The third-order valence-electron chi connectivity index (χ3n) is 6.18. The number of aliphatic imine (C=N–C) groups is 1. The molecule has 3 fully saturated rings. The van der Waals surface area contributed by atoms with Crippen LogP contribution >= 0.6 is 0 Å². The molecule has 3 aliphatic rings. The summed E-state index contributed by atoms with van der Waals surface area (Å²) < 4.78 is 19.4. The average molecular weight is 403 g/mol. The molecule has 7 heteroatoms. The van der Waals surface area contributed by atoms with Gasteiger partial charge in [0.2, 0.25) is 5.91 Å². The molecule has 1 aromatic carbocycles. The minimum absolute atomic E-state index is 0.0966. The van der Waals surface area contributed by atoms with Crippen LogP contribution in [0.5, 0.6) is 0 Å². The lowest BCUT2D eigenvalue weighted by molar-refractivity contribution is -0.140. The summed E-state index contributed by atoms with van der Waals surface area (Å²) >= 11 is 0. The fraction of sp³-hybridized carbons (Fsp3) is 0.636. The first-order valence-electron chi connectivity index (χ1n) is 10.8. The van der Waals surface area contributed by atoms with Crippen molar-refractivity contribution < 1.29 is 13.9 Å². The number of hydrogen-bond acceptors (Lipinski definition) is 3. The molecule has 0 spiro atoms. The number of benzene rings is 1. The third kappa shape index (κ3) is 4.71. The lowest BCUT2D eigenvalue weighted by Gasteiger charge is -2.37. The van der Waals surface area contributed by atoms with Crippen LogP contribution in [0.3, 0.4) is 0 Å². The van der Waals surface area contributed by atoms with Gasteiger partial charge in [0.25, 0.3) is 0 Å². The van der Waals surface area contributed by atoms with Crippen LogP contribution in [0.1, 0.15) is 37.7 Å². The first-order chi connectivity index (χ1) is 14.2. The van der Waals surface area contributed by atoms with Crippen LogP contribution < -0.4 is 5.32 Å². The highest BCUT2D eigenvalue weighted by Crippen LogP contribution is 2.42. The highest BCUT2D eigenvalue weighted by atomic mass is 19.1. The predicted molar refractivity (Wildman–Crippen MR) is 110 cm³/mol. The first kappa shape index (κ1) is 20.1. The molecule has 1 amide bonds. The van der Waals surface area contributed by atoms with Gasteiger partial charge in [0.1, 0.15) is 5.82 Å². The van der Waals surface area contributed by atoms with Gasteiger partial charge in [-0.1, -0.05) is 18.2 Å². The zero-order valence-corrected chi connectivity index (χ0v) is 17.1. The van der Waals surface area contributed by atoms with Gasteiger partial charge in [-0.25, -0.2) is 4.39 Å². The molecule has 4 rings (SSSR count). The predicted octanol–water partition coefficient (Wildman–Crippen LogP) is 2.22. The molecule has 2 atom stereocenters. The number of nitrogens with one attached hydrogen (secondary N) is 1. The normalized spacial score (nSPS) is 25.8. The molecule has 6 nitrogen and oxygen atoms in total. The molecule has 2 aliphatic heterocycles. The molecule has 158 valence electrons. The number of amides is 1. The van der Waals surface area contributed by atoms with Crippen molar-refractivity contribution in [1.29, 1.82) is 0 Å². The summed E-state index contributed by atoms with van der Waals surface area (Å²) in [5, 5.41) is 3.54. The highest BCUT2D eigenvalue weighted by molar-refractivity contribution is 5.82. The van der Waals surface area contributed by atoms with Crippen molar-refractivity contribution in [2.24, 2.45) is 10.9 Å². The van der Waals surface area contributed by atoms with Crippen molar-refractivity contribution in [3.05, 3.63) is 35.6 Å². The molecule has 1 saturated carbocycles. The molecular formula is C22H31FN4O2. The highest BCUT2D eigenvalue weighted by Gasteiger charge is 2.41. The smallest absolute Gasteiger partial charge is 0.225 e. The van der Waals surface area contributed by atoms with E-state index in [1.54, 1.807) is 6.07 Å². The maximum absolute atomic E-state index is 14.1. The number of piperidine rings is 1. The molecule has 29 heavy (non-hydrogen) atoms. The molecule has 0 bridgehead atoms. The Hall–Kier alpha value is -2.15. The molecule has 1 aromatic rings. The van der Waals surface area contributed by atoms with Crippen LogP contribution in [0.2, 0.25) is 0 Å². The SMILES string of the molecule is CCN=C(NC1CC1c1ccccc1F)N1CCC(C(=O)N2CCOCC2)CC1. The van der Waals surface area contributed by atoms with E-state index < -0.39 is 0 Å². The van der Waals surface area contributed by atoms with E-state index in [-0.39, 0.29) is 29.6 Å². The van der Waals surface area contributed by atoms with Gasteiger partial charge in [-0.2, -0.15) is 0 Å². The number of halogens is 1. The van der Waals surface area contributed by atoms with Crippen molar-refractivity contribution in [2.45, 2.75) is 38.1 Å². The van der Waals surface area contributed by atoms with Gasteiger partial charge in [0.15, 0.2) is 5.96 Å². The fourth-order valence-electron chi connectivity index (χ4n) is 4.41. The van der Waals surface area contributed by atoms with E-state index in [1.165, 1.54) is 6.07 Å². The van der Waals surface area contributed by atoms with Crippen LogP contribution in [-0.2, 0) is 9.53 Å². The van der Waals surface area contributed by atoms with Gasteiger partial charge in [-0.05, 0) is 37.8 Å². The zero-order valence-electron chi connectivity index (χ0n) is 17.1. The van der Waals surface area contributed by atoms with E-state index >= 15 is 0 Å². The minimum atomic E-state index is -0.127. The third-order valence-corrected chi connectivity index (χ3v) is 6.18. The standard InChI is InChI=1S/C22H31FN4O2/c1-2-24-22(25-20-15-18(20)17-5-3-4-6-19(17)23)27-9-7-16(8-10-27)21(28)26-11-13-29-14-12-26/h3-6,16,18,20H,2,7-15H2,1H3,(H,24,25). The van der Waals surface area contributed by atoms with E-state index in [2.05, 4.69) is 15.2 Å². The summed E-state index contributed by atoms with van der Waals surface area (Å²) in [6, 6.07) is 7.26. The molecule has 2 heterocycles. The molecule has 0 aromatic heterocycles. The summed E-state index contributed by atoms with van der Waals surface area (Å²) in [6.45, 7) is 7.08. The number of carbonyl (C=O) groups excluding carboxylic acids is 1. The van der Waals surface area contributed by atoms with Crippen molar-refractivity contribution in [3.63, 3.8) is 0 Å². The second-order valence-electron chi connectivity index (χ2n) is 8.11. The topological polar surface area (TPSA) is 57.2 Å². The van der Waals surface area contributed by atoms with Gasteiger partial charge in [-0.15, -0.1) is 0 Å². The summed E-state index contributed by atoms with van der Waals surface area (Å²) in [5.74, 6) is 1.35. The number of likely N-dealkylation sites (tertiary alicyclic amines) is 1. The Morgan fingerprint density at radius 3 is 2.59 bits per heavy atom. The van der Waals surface area contributed by atoms with Crippen LogP contribution in [0.25, 0.3) is 0 Å². The van der Waals surface area contributed by atoms with Crippen LogP contribution in [0, 0.1) is 11.7 Å². The summed E-state index contributed by atoms with van der Waals surface area (Å²) in [4.78, 5) is 21.6. The molecule has 0 radical (unpaired) electrons. The summed E-state index contributed by atoms with van der Waals surface area (Å²) in [6.07, 6.45) is 2.62. The second kappa shape index (κ2) is 9.11.